The van der Waals surface area contributed by atoms with E-state index in [-0.39, 0.29) is 11.9 Å². The molecule has 2 aliphatic heterocycles. The van der Waals surface area contributed by atoms with Crippen molar-refractivity contribution >= 4 is 23.0 Å². The van der Waals surface area contributed by atoms with E-state index in [0.29, 0.717) is 12.5 Å². The van der Waals surface area contributed by atoms with Crippen molar-refractivity contribution in [2.24, 2.45) is 11.0 Å². The molecule has 0 unspecified atom stereocenters. The van der Waals surface area contributed by atoms with E-state index in [4.69, 9.17) is 5.10 Å². The lowest BCUT2D eigenvalue weighted by molar-refractivity contribution is -0.135. The summed E-state index contributed by atoms with van der Waals surface area (Å²) in [6, 6.07) is 12.9. The number of carbonyl (C=O) groups excluding carboxylic acids is 1. The van der Waals surface area contributed by atoms with E-state index >= 15 is 0 Å². The van der Waals surface area contributed by atoms with Gasteiger partial charge in [-0.3, -0.25) is 9.69 Å². The number of hydrogen-bond acceptors (Lipinski definition) is 4. The number of aryl methyl sites for hydroxylation is 1. The summed E-state index contributed by atoms with van der Waals surface area (Å²) in [5, 5.41) is 8.87. The largest absolute Gasteiger partial charge is 0.294 e. The van der Waals surface area contributed by atoms with Crippen molar-refractivity contribution in [3.63, 3.8) is 0 Å². The lowest BCUT2D eigenvalue weighted by Gasteiger charge is -2.31. The Balaban J connectivity index is 1.48. The molecule has 2 atom stereocenters. The second kappa shape index (κ2) is 7.21. The zero-order chi connectivity index (χ0) is 18.2. The molecule has 140 valence electrons. The first-order chi connectivity index (χ1) is 13.3. The standard InChI is InChI=1S/C22H25N3OS/c26-20(15-24-12-4-1-5-13-24)25-22(19-9-6-14-27-19)18-11-10-16-7-2-3-8-17(16)21(18)23-25/h2-3,6-9,14,18,22H,1,4-5,10-13,15H2/t18-,22+/m0/s1. The second-order valence-corrected chi connectivity index (χ2v) is 8.80. The third-order valence-electron chi connectivity index (χ3n) is 6.13. The summed E-state index contributed by atoms with van der Waals surface area (Å²) in [5.74, 6) is 0.457. The normalized spacial score (nSPS) is 25.0. The fourth-order valence-corrected chi connectivity index (χ4v) is 5.67. The molecule has 1 saturated heterocycles. The first kappa shape index (κ1) is 17.1. The Labute approximate surface area is 164 Å². The Hall–Kier alpha value is -1.98. The highest BCUT2D eigenvalue weighted by atomic mass is 32.1. The Kier molecular flexibility index (Phi) is 4.58. The lowest BCUT2D eigenvalue weighted by Crippen LogP contribution is -2.41. The van der Waals surface area contributed by atoms with Crippen LogP contribution >= 0.6 is 11.3 Å². The highest BCUT2D eigenvalue weighted by Gasteiger charge is 2.44. The molecule has 3 heterocycles. The molecule has 1 fully saturated rings. The smallest absolute Gasteiger partial charge is 0.257 e. The average molecular weight is 380 g/mol. The van der Waals surface area contributed by atoms with Gasteiger partial charge in [0.05, 0.1) is 18.3 Å². The van der Waals surface area contributed by atoms with Crippen molar-refractivity contribution in [2.75, 3.05) is 19.6 Å². The first-order valence-corrected chi connectivity index (χ1v) is 10.9. The van der Waals surface area contributed by atoms with Crippen molar-refractivity contribution in [2.45, 2.75) is 38.1 Å². The number of hydrazone groups is 1. The molecule has 2 aromatic rings. The molecule has 5 rings (SSSR count). The van der Waals surface area contributed by atoms with E-state index in [2.05, 4.69) is 46.7 Å². The number of likely N-dealkylation sites (tertiary alicyclic amines) is 1. The van der Waals surface area contributed by atoms with Gasteiger partial charge in [-0.2, -0.15) is 5.10 Å². The predicted octanol–water partition coefficient (Wildman–Crippen LogP) is 4.08. The highest BCUT2D eigenvalue weighted by Crippen LogP contribution is 2.44. The topological polar surface area (TPSA) is 35.9 Å². The molecular formula is C22H25N3OS. The van der Waals surface area contributed by atoms with Crippen LogP contribution in [0.1, 0.15) is 47.7 Å². The summed E-state index contributed by atoms with van der Waals surface area (Å²) >= 11 is 1.74. The second-order valence-electron chi connectivity index (χ2n) is 7.82. The molecule has 5 heteroatoms. The van der Waals surface area contributed by atoms with Crippen molar-refractivity contribution < 1.29 is 4.79 Å². The molecule has 1 aliphatic carbocycles. The predicted molar refractivity (Wildman–Crippen MR) is 109 cm³/mol. The van der Waals surface area contributed by atoms with Gasteiger partial charge in [0.15, 0.2) is 0 Å². The molecule has 3 aliphatic rings. The number of rotatable bonds is 3. The molecular weight excluding hydrogens is 354 g/mol. The van der Waals surface area contributed by atoms with Crippen LogP contribution in [0, 0.1) is 5.92 Å². The molecule has 0 bridgehead atoms. The number of piperidine rings is 1. The van der Waals surface area contributed by atoms with Gasteiger partial charge in [0, 0.05) is 16.4 Å². The van der Waals surface area contributed by atoms with Gasteiger partial charge in [-0.25, -0.2) is 5.01 Å². The van der Waals surface area contributed by atoms with Crippen LogP contribution in [0.3, 0.4) is 0 Å². The van der Waals surface area contributed by atoms with Gasteiger partial charge >= 0.3 is 0 Å². The number of nitrogens with zero attached hydrogens (tertiary/aromatic N) is 3. The van der Waals surface area contributed by atoms with Gasteiger partial charge in [-0.1, -0.05) is 36.8 Å². The molecule has 1 aromatic carbocycles. The lowest BCUT2D eigenvalue weighted by atomic mass is 9.79. The van der Waals surface area contributed by atoms with Crippen LogP contribution in [0.4, 0.5) is 0 Å². The number of carbonyl (C=O) groups is 1. The number of thiophene rings is 1. The van der Waals surface area contributed by atoms with Gasteiger partial charge in [0.25, 0.3) is 5.91 Å². The van der Waals surface area contributed by atoms with Gasteiger partial charge < -0.3 is 0 Å². The van der Waals surface area contributed by atoms with E-state index in [1.54, 1.807) is 11.3 Å². The van der Waals surface area contributed by atoms with Crippen LogP contribution < -0.4 is 0 Å². The molecule has 0 N–H and O–H groups in total. The van der Waals surface area contributed by atoms with E-state index in [1.807, 2.05) is 5.01 Å². The Morgan fingerprint density at radius 3 is 2.78 bits per heavy atom. The minimum absolute atomic E-state index is 0.0608. The third-order valence-corrected chi connectivity index (χ3v) is 7.07. The van der Waals surface area contributed by atoms with Crippen LogP contribution in [0.25, 0.3) is 0 Å². The maximum absolute atomic E-state index is 13.3. The Bertz CT molecular complexity index is 854. The summed E-state index contributed by atoms with van der Waals surface area (Å²) in [4.78, 5) is 16.8. The van der Waals surface area contributed by atoms with Crippen molar-refractivity contribution in [1.29, 1.82) is 0 Å². The number of benzene rings is 1. The summed E-state index contributed by atoms with van der Waals surface area (Å²) < 4.78 is 0. The molecule has 0 saturated carbocycles. The number of hydrogen-bond donors (Lipinski definition) is 0. The summed E-state index contributed by atoms with van der Waals surface area (Å²) in [5.41, 5.74) is 3.72. The maximum Gasteiger partial charge on any atom is 0.257 e. The first-order valence-electron chi connectivity index (χ1n) is 10.1. The van der Waals surface area contributed by atoms with E-state index in [1.165, 1.54) is 35.3 Å². The quantitative estimate of drug-likeness (QED) is 0.805. The molecule has 0 radical (unpaired) electrons. The third kappa shape index (κ3) is 3.13. The monoisotopic (exact) mass is 379 g/mol. The van der Waals surface area contributed by atoms with E-state index in [0.717, 1.165) is 31.6 Å². The van der Waals surface area contributed by atoms with Crippen LogP contribution in [-0.4, -0.2) is 41.2 Å². The van der Waals surface area contributed by atoms with Crippen LogP contribution in [0.2, 0.25) is 0 Å². The summed E-state index contributed by atoms with van der Waals surface area (Å²) in [7, 11) is 0. The molecule has 27 heavy (non-hydrogen) atoms. The number of amides is 1. The summed E-state index contributed by atoms with van der Waals surface area (Å²) in [6.07, 6.45) is 5.81. The van der Waals surface area contributed by atoms with Gasteiger partial charge in [0.2, 0.25) is 0 Å². The van der Waals surface area contributed by atoms with E-state index < -0.39 is 0 Å². The highest BCUT2D eigenvalue weighted by molar-refractivity contribution is 7.10. The zero-order valence-electron chi connectivity index (χ0n) is 15.5. The van der Waals surface area contributed by atoms with Gasteiger partial charge in [-0.15, -0.1) is 11.3 Å². The van der Waals surface area contributed by atoms with Crippen molar-refractivity contribution in [1.82, 2.24) is 9.91 Å². The fraction of sp³-hybridized carbons (Fsp3) is 0.455. The molecule has 0 spiro atoms. The van der Waals surface area contributed by atoms with Crippen LogP contribution in [0.5, 0.6) is 0 Å². The van der Waals surface area contributed by atoms with E-state index in [9.17, 15) is 4.79 Å². The van der Waals surface area contributed by atoms with Crippen molar-refractivity contribution in [3.05, 3.63) is 57.8 Å². The van der Waals surface area contributed by atoms with Gasteiger partial charge in [-0.05, 0) is 55.8 Å². The minimum Gasteiger partial charge on any atom is -0.294 e. The Morgan fingerprint density at radius 1 is 1.11 bits per heavy atom. The SMILES string of the molecule is O=C(CN1CCCCC1)N1N=C2c3ccccc3CC[C@@H]2[C@@H]1c1cccs1. The zero-order valence-corrected chi connectivity index (χ0v) is 16.3. The fourth-order valence-electron chi connectivity index (χ4n) is 4.79. The average Bonchev–Trinajstić information content (AvgIpc) is 3.36. The molecule has 1 amide bonds. The molecule has 1 aromatic heterocycles. The van der Waals surface area contributed by atoms with Gasteiger partial charge in [0.1, 0.15) is 0 Å². The maximum atomic E-state index is 13.3. The number of fused-ring (bicyclic) bond motifs is 3. The minimum atomic E-state index is 0.0608. The van der Waals surface area contributed by atoms with Crippen LogP contribution in [0.15, 0.2) is 46.9 Å². The summed E-state index contributed by atoms with van der Waals surface area (Å²) in [6.45, 7) is 2.56. The van der Waals surface area contributed by atoms with Crippen molar-refractivity contribution in [3.8, 4) is 0 Å². The molecule has 4 nitrogen and oxygen atoms in total. The van der Waals surface area contributed by atoms with Crippen LogP contribution in [-0.2, 0) is 11.2 Å². The Morgan fingerprint density at radius 2 is 1.96 bits per heavy atom.